The number of aromatic nitrogens is 2. The van der Waals surface area contributed by atoms with E-state index in [4.69, 9.17) is 5.73 Å². The summed E-state index contributed by atoms with van der Waals surface area (Å²) in [6.45, 7) is 3.20. The van der Waals surface area contributed by atoms with Crippen LogP contribution in [0.3, 0.4) is 0 Å². The predicted octanol–water partition coefficient (Wildman–Crippen LogP) is 2.21. The van der Waals surface area contributed by atoms with Gasteiger partial charge in [-0.05, 0) is 55.1 Å². The van der Waals surface area contributed by atoms with Crippen molar-refractivity contribution in [2.75, 3.05) is 12.3 Å². The first kappa shape index (κ1) is 14.5. The van der Waals surface area contributed by atoms with Gasteiger partial charge in [-0.3, -0.25) is 4.98 Å². The first-order valence-electron chi connectivity index (χ1n) is 7.10. The summed E-state index contributed by atoms with van der Waals surface area (Å²) in [4.78, 5) is 8.22. The maximum Gasteiger partial charge on any atom is 0.123 e. The van der Waals surface area contributed by atoms with Gasteiger partial charge in [-0.1, -0.05) is 13.0 Å². The van der Waals surface area contributed by atoms with Gasteiger partial charge in [-0.25, -0.2) is 4.98 Å². The SMILES string of the molecule is CCCNC(Cc1cccnc1)Cc1ccnc(N)c1. The van der Waals surface area contributed by atoms with E-state index in [-0.39, 0.29) is 0 Å². The second kappa shape index (κ2) is 7.60. The van der Waals surface area contributed by atoms with E-state index in [1.807, 2.05) is 30.6 Å². The predicted molar refractivity (Wildman–Crippen MR) is 82.4 cm³/mol. The highest BCUT2D eigenvalue weighted by Crippen LogP contribution is 2.10. The highest BCUT2D eigenvalue weighted by Gasteiger charge is 2.10. The Morgan fingerprint density at radius 1 is 1.20 bits per heavy atom. The smallest absolute Gasteiger partial charge is 0.123 e. The Bertz CT molecular complexity index is 513. The Morgan fingerprint density at radius 3 is 2.75 bits per heavy atom. The quantitative estimate of drug-likeness (QED) is 0.809. The summed E-state index contributed by atoms with van der Waals surface area (Å²) in [6, 6.07) is 8.47. The molecule has 20 heavy (non-hydrogen) atoms. The lowest BCUT2D eigenvalue weighted by Crippen LogP contribution is -2.33. The van der Waals surface area contributed by atoms with Crippen LogP contribution in [0.4, 0.5) is 5.82 Å². The third-order valence-corrected chi connectivity index (χ3v) is 3.22. The molecule has 1 unspecified atom stereocenters. The van der Waals surface area contributed by atoms with Crippen molar-refractivity contribution in [1.29, 1.82) is 0 Å². The minimum absolute atomic E-state index is 0.390. The zero-order valence-electron chi connectivity index (χ0n) is 11.9. The van der Waals surface area contributed by atoms with Crippen LogP contribution in [-0.4, -0.2) is 22.6 Å². The topological polar surface area (TPSA) is 63.8 Å². The number of nitrogens with zero attached hydrogens (tertiary/aromatic N) is 2. The lowest BCUT2D eigenvalue weighted by molar-refractivity contribution is 0.504. The molecule has 2 rings (SSSR count). The fourth-order valence-corrected chi connectivity index (χ4v) is 2.27. The van der Waals surface area contributed by atoms with Crippen LogP contribution in [-0.2, 0) is 12.8 Å². The molecule has 3 N–H and O–H groups in total. The van der Waals surface area contributed by atoms with Crippen LogP contribution in [0.5, 0.6) is 0 Å². The van der Waals surface area contributed by atoms with Crippen LogP contribution in [0.2, 0.25) is 0 Å². The summed E-state index contributed by atoms with van der Waals surface area (Å²) in [6.07, 6.45) is 8.55. The Kier molecular flexibility index (Phi) is 5.50. The highest BCUT2D eigenvalue weighted by molar-refractivity contribution is 5.32. The Morgan fingerprint density at radius 2 is 2.05 bits per heavy atom. The van der Waals surface area contributed by atoms with Crippen LogP contribution >= 0.6 is 0 Å². The van der Waals surface area contributed by atoms with E-state index >= 15 is 0 Å². The third kappa shape index (κ3) is 4.63. The average molecular weight is 270 g/mol. The van der Waals surface area contributed by atoms with E-state index < -0.39 is 0 Å². The summed E-state index contributed by atoms with van der Waals surface area (Å²) in [5, 5.41) is 3.60. The fourth-order valence-electron chi connectivity index (χ4n) is 2.27. The van der Waals surface area contributed by atoms with E-state index in [1.165, 1.54) is 11.1 Å². The van der Waals surface area contributed by atoms with Crippen molar-refractivity contribution in [3.8, 4) is 0 Å². The van der Waals surface area contributed by atoms with Gasteiger partial charge in [0.15, 0.2) is 0 Å². The number of rotatable bonds is 7. The van der Waals surface area contributed by atoms with Gasteiger partial charge in [0.05, 0.1) is 0 Å². The molecule has 0 fully saturated rings. The third-order valence-electron chi connectivity index (χ3n) is 3.22. The van der Waals surface area contributed by atoms with E-state index in [0.717, 1.165) is 25.8 Å². The van der Waals surface area contributed by atoms with Crippen molar-refractivity contribution in [2.45, 2.75) is 32.2 Å². The number of hydrogen-bond donors (Lipinski definition) is 2. The maximum absolute atomic E-state index is 5.75. The lowest BCUT2D eigenvalue weighted by Gasteiger charge is -2.18. The van der Waals surface area contributed by atoms with Gasteiger partial charge in [-0.2, -0.15) is 0 Å². The van der Waals surface area contributed by atoms with Gasteiger partial charge in [0.25, 0.3) is 0 Å². The van der Waals surface area contributed by atoms with Crippen molar-refractivity contribution in [1.82, 2.24) is 15.3 Å². The molecule has 1 atom stereocenters. The first-order chi connectivity index (χ1) is 9.78. The molecule has 0 aromatic carbocycles. The molecule has 0 spiro atoms. The van der Waals surface area contributed by atoms with E-state index in [2.05, 4.69) is 28.3 Å². The van der Waals surface area contributed by atoms with Gasteiger partial charge < -0.3 is 11.1 Å². The Labute approximate surface area is 120 Å². The van der Waals surface area contributed by atoms with Crippen molar-refractivity contribution < 1.29 is 0 Å². The fraction of sp³-hybridized carbons (Fsp3) is 0.375. The molecule has 0 aliphatic rings. The Balaban J connectivity index is 2.03. The molecule has 0 amide bonds. The molecule has 0 bridgehead atoms. The number of nitrogen functional groups attached to an aromatic ring is 1. The second-order valence-corrected chi connectivity index (χ2v) is 5.01. The molecule has 0 aliphatic heterocycles. The monoisotopic (exact) mass is 270 g/mol. The van der Waals surface area contributed by atoms with E-state index in [1.54, 1.807) is 6.20 Å². The van der Waals surface area contributed by atoms with Crippen molar-refractivity contribution in [3.05, 3.63) is 54.0 Å². The molecule has 0 radical (unpaired) electrons. The number of nitrogens with two attached hydrogens (primary N) is 1. The largest absolute Gasteiger partial charge is 0.384 e. The Hall–Kier alpha value is -1.94. The maximum atomic E-state index is 5.75. The molecule has 0 saturated carbocycles. The molecule has 106 valence electrons. The molecule has 0 saturated heterocycles. The molecule has 2 heterocycles. The molecule has 4 nitrogen and oxygen atoms in total. The van der Waals surface area contributed by atoms with Gasteiger partial charge in [0.1, 0.15) is 5.82 Å². The highest BCUT2D eigenvalue weighted by atomic mass is 14.9. The average Bonchev–Trinajstić information content (AvgIpc) is 2.46. The summed E-state index contributed by atoms with van der Waals surface area (Å²) >= 11 is 0. The second-order valence-electron chi connectivity index (χ2n) is 5.01. The van der Waals surface area contributed by atoms with Crippen LogP contribution in [0.25, 0.3) is 0 Å². The number of hydrogen-bond acceptors (Lipinski definition) is 4. The summed E-state index contributed by atoms with van der Waals surface area (Å²) in [5.74, 6) is 0.582. The summed E-state index contributed by atoms with van der Waals surface area (Å²) in [5.41, 5.74) is 8.22. The minimum atomic E-state index is 0.390. The minimum Gasteiger partial charge on any atom is -0.384 e. The van der Waals surface area contributed by atoms with E-state index in [9.17, 15) is 0 Å². The number of pyridine rings is 2. The van der Waals surface area contributed by atoms with Gasteiger partial charge in [-0.15, -0.1) is 0 Å². The normalized spacial score (nSPS) is 12.2. The first-order valence-corrected chi connectivity index (χ1v) is 7.10. The van der Waals surface area contributed by atoms with Gasteiger partial charge in [0, 0.05) is 24.6 Å². The van der Waals surface area contributed by atoms with Crippen molar-refractivity contribution in [3.63, 3.8) is 0 Å². The van der Waals surface area contributed by atoms with Crippen molar-refractivity contribution in [2.24, 2.45) is 0 Å². The standard InChI is InChI=1S/C16H22N4/c1-2-6-19-15(10-14-4-3-7-18-12-14)9-13-5-8-20-16(17)11-13/h3-5,7-8,11-12,15,19H,2,6,9-10H2,1H3,(H2,17,20). The van der Waals surface area contributed by atoms with Gasteiger partial charge >= 0.3 is 0 Å². The number of anilines is 1. The molecular formula is C16H22N4. The molecule has 4 heteroatoms. The zero-order valence-corrected chi connectivity index (χ0v) is 11.9. The van der Waals surface area contributed by atoms with Crippen LogP contribution in [0.1, 0.15) is 24.5 Å². The summed E-state index contributed by atoms with van der Waals surface area (Å²) in [7, 11) is 0. The molecular weight excluding hydrogens is 248 g/mol. The number of nitrogens with one attached hydrogen (secondary N) is 1. The van der Waals surface area contributed by atoms with E-state index in [0.29, 0.717) is 11.9 Å². The zero-order chi connectivity index (χ0) is 14.2. The molecule has 0 aliphatic carbocycles. The lowest BCUT2D eigenvalue weighted by atomic mass is 10.0. The molecule has 2 aromatic heterocycles. The van der Waals surface area contributed by atoms with Crippen LogP contribution < -0.4 is 11.1 Å². The van der Waals surface area contributed by atoms with Crippen molar-refractivity contribution >= 4 is 5.82 Å². The summed E-state index contributed by atoms with van der Waals surface area (Å²) < 4.78 is 0. The van der Waals surface area contributed by atoms with Crippen LogP contribution in [0.15, 0.2) is 42.9 Å². The van der Waals surface area contributed by atoms with Gasteiger partial charge in [0.2, 0.25) is 0 Å². The molecule has 2 aromatic rings. The van der Waals surface area contributed by atoms with Crippen LogP contribution in [0, 0.1) is 0 Å².